The third-order valence-electron chi connectivity index (χ3n) is 5.52. The van der Waals surface area contributed by atoms with E-state index in [1.807, 2.05) is 13.0 Å². The van der Waals surface area contributed by atoms with Crippen LogP contribution in [0.25, 0.3) is 10.2 Å². The van der Waals surface area contributed by atoms with Crippen molar-refractivity contribution in [3.05, 3.63) is 42.0 Å². The predicted molar refractivity (Wildman–Crippen MR) is 127 cm³/mol. The van der Waals surface area contributed by atoms with Gasteiger partial charge in [-0.05, 0) is 55.3 Å². The second-order valence-corrected chi connectivity index (χ2v) is 11.0. The molecule has 0 aliphatic carbocycles. The Kier molecular flexibility index (Phi) is 6.12. The van der Waals surface area contributed by atoms with E-state index in [0.717, 1.165) is 20.3 Å². The highest BCUT2D eigenvalue weighted by Crippen LogP contribution is 2.34. The molecule has 0 fully saturated rings. The molecule has 2 aromatic carbocycles. The number of nitrogens with one attached hydrogen (secondary N) is 1. The monoisotopic (exact) mass is 488 g/mol. The number of thiazole rings is 1. The molecule has 0 spiro atoms. The zero-order valence-corrected chi connectivity index (χ0v) is 20.3. The van der Waals surface area contributed by atoms with Crippen molar-refractivity contribution >= 4 is 54.2 Å². The van der Waals surface area contributed by atoms with Crippen LogP contribution in [0.15, 0.2) is 41.3 Å². The van der Waals surface area contributed by atoms with Crippen LogP contribution in [0.2, 0.25) is 0 Å². The van der Waals surface area contributed by atoms with Gasteiger partial charge in [0.2, 0.25) is 21.8 Å². The third-order valence-corrected chi connectivity index (χ3v) is 8.26. The zero-order chi connectivity index (χ0) is 23.9. The second-order valence-electron chi connectivity index (χ2n) is 7.89. The van der Waals surface area contributed by atoms with Crippen LogP contribution >= 0.6 is 11.3 Å². The normalized spacial score (nSPS) is 15.7. The SMILES string of the molecule is COc1ccc2nc(NC(=O)CN(C)S(=O)(=O)c3ccc4c(c3)CC(C)N4C(C)=O)sc2c1. The lowest BCUT2D eigenvalue weighted by Gasteiger charge is -2.21. The Labute approximate surface area is 196 Å². The van der Waals surface area contributed by atoms with Gasteiger partial charge in [0.25, 0.3) is 0 Å². The van der Waals surface area contributed by atoms with Crippen molar-refractivity contribution in [3.8, 4) is 5.75 Å². The summed E-state index contributed by atoms with van der Waals surface area (Å²) in [6.45, 7) is 3.05. The van der Waals surface area contributed by atoms with Gasteiger partial charge in [0.05, 0.1) is 28.8 Å². The molecule has 174 valence electrons. The summed E-state index contributed by atoms with van der Waals surface area (Å²) in [5, 5.41) is 3.05. The van der Waals surface area contributed by atoms with Gasteiger partial charge in [0.1, 0.15) is 5.75 Å². The molecule has 1 aliphatic heterocycles. The van der Waals surface area contributed by atoms with Crippen molar-refractivity contribution in [1.82, 2.24) is 9.29 Å². The van der Waals surface area contributed by atoms with Crippen molar-refractivity contribution in [1.29, 1.82) is 0 Å². The van der Waals surface area contributed by atoms with E-state index in [-0.39, 0.29) is 23.4 Å². The van der Waals surface area contributed by atoms with Crippen molar-refractivity contribution in [2.24, 2.45) is 0 Å². The minimum Gasteiger partial charge on any atom is -0.497 e. The Bertz CT molecular complexity index is 1350. The molecule has 9 nitrogen and oxygen atoms in total. The molecule has 2 heterocycles. The van der Waals surface area contributed by atoms with E-state index >= 15 is 0 Å². The number of nitrogens with zero attached hydrogens (tertiary/aromatic N) is 3. The quantitative estimate of drug-likeness (QED) is 0.572. The standard InChI is InChI=1S/C22H24N4O5S2/c1-13-9-15-10-17(6-8-19(15)26(13)14(2)27)33(29,30)25(3)12-21(28)24-22-23-18-7-5-16(31-4)11-20(18)32-22/h5-8,10-11,13H,9,12H2,1-4H3,(H,23,24,28). The molecule has 0 bridgehead atoms. The number of benzene rings is 2. The first-order chi connectivity index (χ1) is 15.6. The molecule has 0 saturated carbocycles. The van der Waals surface area contributed by atoms with Crippen molar-refractivity contribution in [3.63, 3.8) is 0 Å². The molecule has 11 heteroatoms. The van der Waals surface area contributed by atoms with Crippen LogP contribution in [0.5, 0.6) is 5.75 Å². The number of anilines is 2. The Morgan fingerprint density at radius 2 is 2.03 bits per heavy atom. The maximum Gasteiger partial charge on any atom is 0.243 e. The number of hydrogen-bond donors (Lipinski definition) is 1. The smallest absolute Gasteiger partial charge is 0.243 e. The van der Waals surface area contributed by atoms with Crippen LogP contribution in [0.3, 0.4) is 0 Å². The average molecular weight is 489 g/mol. The van der Waals surface area contributed by atoms with Crippen molar-refractivity contribution in [2.75, 3.05) is 30.9 Å². The van der Waals surface area contributed by atoms with E-state index in [2.05, 4.69) is 10.3 Å². The first-order valence-corrected chi connectivity index (χ1v) is 12.5. The maximum atomic E-state index is 13.1. The minimum atomic E-state index is -3.90. The second kappa shape index (κ2) is 8.73. The van der Waals surface area contributed by atoms with Gasteiger partial charge in [-0.3, -0.25) is 9.59 Å². The van der Waals surface area contributed by atoms with E-state index in [1.165, 1.54) is 31.4 Å². The number of methoxy groups -OCH3 is 1. The maximum absolute atomic E-state index is 13.1. The predicted octanol–water partition coefficient (Wildman–Crippen LogP) is 2.86. The van der Waals surface area contributed by atoms with E-state index in [0.29, 0.717) is 22.8 Å². The van der Waals surface area contributed by atoms with Gasteiger partial charge in [0, 0.05) is 25.7 Å². The minimum absolute atomic E-state index is 0.0345. The average Bonchev–Trinajstić information content (AvgIpc) is 3.30. The largest absolute Gasteiger partial charge is 0.497 e. The molecule has 33 heavy (non-hydrogen) atoms. The highest BCUT2D eigenvalue weighted by atomic mass is 32.2. The molecule has 1 N–H and O–H groups in total. The topological polar surface area (TPSA) is 109 Å². The molecule has 4 rings (SSSR count). The lowest BCUT2D eigenvalue weighted by Crippen LogP contribution is -2.35. The van der Waals surface area contributed by atoms with Crippen LogP contribution in [-0.4, -0.2) is 56.3 Å². The fraction of sp³-hybridized carbons (Fsp3) is 0.318. The summed E-state index contributed by atoms with van der Waals surface area (Å²) in [7, 11) is -0.973. The van der Waals surface area contributed by atoms with Gasteiger partial charge in [0.15, 0.2) is 5.13 Å². The van der Waals surface area contributed by atoms with E-state index in [9.17, 15) is 18.0 Å². The van der Waals surface area contributed by atoms with Gasteiger partial charge < -0.3 is 15.0 Å². The summed E-state index contributed by atoms with van der Waals surface area (Å²) in [4.78, 5) is 30.5. The molecule has 1 unspecified atom stereocenters. The molecular weight excluding hydrogens is 464 g/mol. The van der Waals surface area contributed by atoms with Crippen LogP contribution < -0.4 is 15.0 Å². The molecule has 1 atom stereocenters. The lowest BCUT2D eigenvalue weighted by atomic mass is 10.1. The summed E-state index contributed by atoms with van der Waals surface area (Å²) in [5.74, 6) is 0.105. The van der Waals surface area contributed by atoms with E-state index in [1.54, 1.807) is 36.3 Å². The number of ether oxygens (including phenoxy) is 1. The Morgan fingerprint density at radius 3 is 2.73 bits per heavy atom. The fourth-order valence-electron chi connectivity index (χ4n) is 3.96. The number of likely N-dealkylation sites (N-methyl/N-ethyl adjacent to an activating group) is 1. The van der Waals surface area contributed by atoms with Crippen LogP contribution in [0.1, 0.15) is 19.4 Å². The molecule has 0 radical (unpaired) electrons. The summed E-state index contributed by atoms with van der Waals surface area (Å²) in [6, 6.07) is 10.1. The van der Waals surface area contributed by atoms with Crippen molar-refractivity contribution < 1.29 is 22.7 Å². The van der Waals surface area contributed by atoms with Gasteiger partial charge >= 0.3 is 0 Å². The summed E-state index contributed by atoms with van der Waals surface area (Å²) in [5.41, 5.74) is 2.23. The van der Waals surface area contributed by atoms with E-state index < -0.39 is 15.9 Å². The number of hydrogen-bond acceptors (Lipinski definition) is 7. The molecule has 1 aromatic heterocycles. The molecule has 2 amide bonds. The third kappa shape index (κ3) is 4.43. The van der Waals surface area contributed by atoms with E-state index in [4.69, 9.17) is 4.74 Å². The molecule has 3 aromatic rings. The summed E-state index contributed by atoms with van der Waals surface area (Å²) >= 11 is 1.28. The Hall–Kier alpha value is -3.02. The number of aromatic nitrogens is 1. The van der Waals surface area contributed by atoms with Crippen LogP contribution in [0.4, 0.5) is 10.8 Å². The van der Waals surface area contributed by atoms with Gasteiger partial charge in [-0.15, -0.1) is 0 Å². The number of carbonyl (C=O) groups excluding carboxylic acids is 2. The molecule has 1 aliphatic rings. The Balaban J connectivity index is 1.48. The van der Waals surface area contributed by atoms with Gasteiger partial charge in [-0.1, -0.05) is 11.3 Å². The number of rotatable bonds is 6. The summed E-state index contributed by atoms with van der Waals surface area (Å²) in [6.07, 6.45) is 0.574. The lowest BCUT2D eigenvalue weighted by molar-refractivity contribution is -0.117. The fourth-order valence-corrected chi connectivity index (χ4v) is 6.05. The summed E-state index contributed by atoms with van der Waals surface area (Å²) < 4.78 is 33.2. The van der Waals surface area contributed by atoms with Crippen LogP contribution in [0, 0.1) is 0 Å². The van der Waals surface area contributed by atoms with Crippen LogP contribution in [-0.2, 0) is 26.0 Å². The number of amides is 2. The number of sulfonamides is 1. The van der Waals surface area contributed by atoms with Crippen molar-refractivity contribution in [2.45, 2.75) is 31.2 Å². The zero-order valence-electron chi connectivity index (χ0n) is 18.7. The molecule has 0 saturated heterocycles. The highest BCUT2D eigenvalue weighted by Gasteiger charge is 2.31. The first kappa shape index (κ1) is 23.1. The number of carbonyl (C=O) groups is 2. The Morgan fingerprint density at radius 1 is 1.27 bits per heavy atom. The van der Waals surface area contributed by atoms with Gasteiger partial charge in [-0.2, -0.15) is 4.31 Å². The highest BCUT2D eigenvalue weighted by molar-refractivity contribution is 7.89. The van der Waals surface area contributed by atoms with Gasteiger partial charge in [-0.25, -0.2) is 13.4 Å². The number of fused-ring (bicyclic) bond motifs is 2. The first-order valence-electron chi connectivity index (χ1n) is 10.2. The molecular formula is C22H24N4O5S2.